The molecule has 0 saturated carbocycles. The molecule has 0 atom stereocenters. The minimum atomic E-state index is -0.939. The zero-order chi connectivity index (χ0) is 20.1. The number of ether oxygens (including phenoxy) is 1. The molecule has 3 heteroatoms. The molecule has 0 fully saturated rings. The quantitative estimate of drug-likeness (QED) is 0.476. The second-order valence-corrected chi connectivity index (χ2v) is 6.63. The van der Waals surface area contributed by atoms with Gasteiger partial charge in [0.1, 0.15) is 12.4 Å². The maximum atomic E-state index is 10.9. The molecule has 0 bridgehead atoms. The number of hydrogen-bond donors (Lipinski definition) is 1. The van der Waals surface area contributed by atoms with Gasteiger partial charge in [-0.2, -0.15) is 0 Å². The lowest BCUT2D eigenvalue weighted by Gasteiger charge is -2.07. The molecule has 0 spiro atoms. The van der Waals surface area contributed by atoms with Crippen molar-refractivity contribution in [3.05, 3.63) is 113 Å². The van der Waals surface area contributed by atoms with Crippen LogP contribution in [0.15, 0.2) is 91.0 Å². The molecule has 3 nitrogen and oxygen atoms in total. The second-order valence-electron chi connectivity index (χ2n) is 6.63. The first-order chi connectivity index (χ1) is 14.2. The maximum Gasteiger partial charge on any atom is 0.335 e. The number of carboxylic acids is 1. The summed E-state index contributed by atoms with van der Waals surface area (Å²) in [5, 5.41) is 11.1. The zero-order valence-electron chi connectivity index (χ0n) is 15.6. The standard InChI is InChI=1S/C26H18O3/c27-26(28)22-11-8-19(9-12-22)6-7-20-10-13-24-17-25(15-14-23(24)16-20)29-18-21-4-2-1-3-5-21/h1-5,8-17H,18H2,(H,27,28). The van der Waals surface area contributed by atoms with Crippen LogP contribution in [0.5, 0.6) is 5.75 Å². The number of hydrogen-bond acceptors (Lipinski definition) is 2. The monoisotopic (exact) mass is 378 g/mol. The lowest BCUT2D eigenvalue weighted by molar-refractivity contribution is 0.0697. The van der Waals surface area contributed by atoms with E-state index in [0.717, 1.165) is 33.2 Å². The van der Waals surface area contributed by atoms with Crippen molar-refractivity contribution in [2.45, 2.75) is 6.61 Å². The molecule has 4 aromatic rings. The highest BCUT2D eigenvalue weighted by Crippen LogP contribution is 2.22. The minimum Gasteiger partial charge on any atom is -0.489 e. The molecule has 1 N–H and O–H groups in total. The summed E-state index contributed by atoms with van der Waals surface area (Å²) in [7, 11) is 0. The third-order valence-electron chi connectivity index (χ3n) is 4.54. The van der Waals surface area contributed by atoms with Gasteiger partial charge in [-0.15, -0.1) is 0 Å². The van der Waals surface area contributed by atoms with Crippen LogP contribution in [0.3, 0.4) is 0 Å². The van der Waals surface area contributed by atoms with Gasteiger partial charge in [0.15, 0.2) is 0 Å². The van der Waals surface area contributed by atoms with Crippen molar-refractivity contribution in [1.29, 1.82) is 0 Å². The molecule has 0 aliphatic rings. The highest BCUT2D eigenvalue weighted by Gasteiger charge is 2.01. The first-order valence-electron chi connectivity index (χ1n) is 9.23. The number of aromatic carboxylic acids is 1. The van der Waals surface area contributed by atoms with Gasteiger partial charge in [-0.05, 0) is 64.9 Å². The van der Waals surface area contributed by atoms with E-state index in [1.54, 1.807) is 24.3 Å². The van der Waals surface area contributed by atoms with Crippen molar-refractivity contribution in [2.24, 2.45) is 0 Å². The summed E-state index contributed by atoms with van der Waals surface area (Å²) in [5.74, 6) is 6.10. The summed E-state index contributed by atoms with van der Waals surface area (Å²) in [6.07, 6.45) is 0. The van der Waals surface area contributed by atoms with Crippen molar-refractivity contribution in [3.63, 3.8) is 0 Å². The van der Waals surface area contributed by atoms with E-state index in [9.17, 15) is 4.79 Å². The van der Waals surface area contributed by atoms with Crippen molar-refractivity contribution >= 4 is 16.7 Å². The molecule has 0 amide bonds. The SMILES string of the molecule is O=C(O)c1ccc(C#Cc2ccc3cc(OCc4ccccc4)ccc3c2)cc1. The molecule has 0 aliphatic heterocycles. The Labute approximate surface area is 169 Å². The van der Waals surface area contributed by atoms with E-state index >= 15 is 0 Å². The van der Waals surface area contributed by atoms with E-state index in [0.29, 0.717) is 6.61 Å². The number of benzene rings is 4. The van der Waals surface area contributed by atoms with E-state index in [-0.39, 0.29) is 5.56 Å². The Kier molecular flexibility index (Phi) is 5.27. The number of carbonyl (C=O) groups is 1. The molecule has 0 aromatic heterocycles. The van der Waals surface area contributed by atoms with E-state index in [4.69, 9.17) is 9.84 Å². The topological polar surface area (TPSA) is 46.5 Å². The number of rotatable bonds is 4. The minimum absolute atomic E-state index is 0.256. The van der Waals surface area contributed by atoms with Crippen LogP contribution in [0.4, 0.5) is 0 Å². The maximum absolute atomic E-state index is 10.9. The van der Waals surface area contributed by atoms with Crippen LogP contribution in [0.1, 0.15) is 27.0 Å². The molecule has 140 valence electrons. The van der Waals surface area contributed by atoms with Crippen LogP contribution in [0, 0.1) is 11.8 Å². The predicted molar refractivity (Wildman–Crippen MR) is 114 cm³/mol. The van der Waals surface area contributed by atoms with Crippen LogP contribution in [0.25, 0.3) is 10.8 Å². The van der Waals surface area contributed by atoms with E-state index < -0.39 is 5.97 Å². The molecular weight excluding hydrogens is 360 g/mol. The fourth-order valence-electron chi connectivity index (χ4n) is 2.97. The highest BCUT2D eigenvalue weighted by atomic mass is 16.5. The van der Waals surface area contributed by atoms with E-state index in [1.807, 2.05) is 66.7 Å². The van der Waals surface area contributed by atoms with Gasteiger partial charge < -0.3 is 9.84 Å². The third kappa shape index (κ3) is 4.63. The zero-order valence-corrected chi connectivity index (χ0v) is 15.6. The Morgan fingerprint density at radius 1 is 0.759 bits per heavy atom. The molecule has 0 saturated heterocycles. The lowest BCUT2D eigenvalue weighted by Crippen LogP contribution is -1.95. The predicted octanol–water partition coefficient (Wildman–Crippen LogP) is 5.52. The van der Waals surface area contributed by atoms with Gasteiger partial charge in [-0.1, -0.05) is 54.3 Å². The largest absolute Gasteiger partial charge is 0.489 e. The first-order valence-corrected chi connectivity index (χ1v) is 9.23. The fourth-order valence-corrected chi connectivity index (χ4v) is 2.97. The lowest BCUT2D eigenvalue weighted by atomic mass is 10.1. The average Bonchev–Trinajstić information content (AvgIpc) is 2.77. The highest BCUT2D eigenvalue weighted by molar-refractivity contribution is 5.87. The van der Waals surface area contributed by atoms with Crippen LogP contribution >= 0.6 is 0 Å². The van der Waals surface area contributed by atoms with Gasteiger partial charge in [0.2, 0.25) is 0 Å². The van der Waals surface area contributed by atoms with E-state index in [2.05, 4.69) is 11.8 Å². The molecule has 0 heterocycles. The Morgan fingerprint density at radius 3 is 2.17 bits per heavy atom. The van der Waals surface area contributed by atoms with E-state index in [1.165, 1.54) is 0 Å². The third-order valence-corrected chi connectivity index (χ3v) is 4.54. The Bertz CT molecular complexity index is 1210. The summed E-state index contributed by atoms with van der Waals surface area (Å²) in [6, 6.07) is 28.7. The van der Waals surface area contributed by atoms with Crippen molar-refractivity contribution in [1.82, 2.24) is 0 Å². The summed E-state index contributed by atoms with van der Waals surface area (Å²) < 4.78 is 5.89. The fraction of sp³-hybridized carbons (Fsp3) is 0.0385. The molecular formula is C26H18O3. The Hall–Kier alpha value is -4.03. The Morgan fingerprint density at radius 2 is 1.41 bits per heavy atom. The van der Waals surface area contributed by atoms with Gasteiger partial charge in [0.25, 0.3) is 0 Å². The molecule has 29 heavy (non-hydrogen) atoms. The van der Waals surface area contributed by atoms with Crippen molar-refractivity contribution in [2.75, 3.05) is 0 Å². The van der Waals surface area contributed by atoms with Crippen LogP contribution in [-0.4, -0.2) is 11.1 Å². The van der Waals surface area contributed by atoms with Gasteiger partial charge in [-0.25, -0.2) is 4.79 Å². The average molecular weight is 378 g/mol. The smallest absolute Gasteiger partial charge is 0.335 e. The number of fused-ring (bicyclic) bond motifs is 1. The summed E-state index contributed by atoms with van der Waals surface area (Å²) in [6.45, 7) is 0.538. The second kappa shape index (κ2) is 8.33. The summed E-state index contributed by atoms with van der Waals surface area (Å²) in [5.41, 5.74) is 3.07. The van der Waals surface area contributed by atoms with Crippen molar-refractivity contribution < 1.29 is 14.6 Å². The molecule has 0 radical (unpaired) electrons. The van der Waals surface area contributed by atoms with Gasteiger partial charge in [0.05, 0.1) is 5.56 Å². The first kappa shape index (κ1) is 18.3. The van der Waals surface area contributed by atoms with Crippen LogP contribution < -0.4 is 4.74 Å². The van der Waals surface area contributed by atoms with Gasteiger partial charge >= 0.3 is 5.97 Å². The van der Waals surface area contributed by atoms with Gasteiger partial charge in [0, 0.05) is 11.1 Å². The van der Waals surface area contributed by atoms with Crippen molar-refractivity contribution in [3.8, 4) is 17.6 Å². The van der Waals surface area contributed by atoms with Crippen LogP contribution in [-0.2, 0) is 6.61 Å². The Balaban J connectivity index is 1.49. The normalized spacial score (nSPS) is 10.2. The van der Waals surface area contributed by atoms with Crippen LogP contribution in [0.2, 0.25) is 0 Å². The molecule has 4 aromatic carbocycles. The molecule has 0 unspecified atom stereocenters. The summed E-state index contributed by atoms with van der Waals surface area (Å²) >= 11 is 0. The van der Waals surface area contributed by atoms with Gasteiger partial charge in [-0.3, -0.25) is 0 Å². The molecule has 4 rings (SSSR count). The molecule has 0 aliphatic carbocycles. The number of carboxylic acid groups (broad SMARTS) is 1. The summed E-state index contributed by atoms with van der Waals surface area (Å²) in [4.78, 5) is 10.9.